The molecule has 3 aromatic rings. The van der Waals surface area contributed by atoms with E-state index in [1.54, 1.807) is 0 Å². The molecule has 0 saturated heterocycles. The Balaban J connectivity index is 1.69. The van der Waals surface area contributed by atoms with E-state index < -0.39 is 17.9 Å². The molecule has 0 bridgehead atoms. The van der Waals surface area contributed by atoms with E-state index in [0.29, 0.717) is 12.8 Å². The molecule has 1 aliphatic rings. The van der Waals surface area contributed by atoms with Gasteiger partial charge in [-0.05, 0) is 42.2 Å². The number of rotatable bonds is 6. The highest BCUT2D eigenvalue weighted by molar-refractivity contribution is 6.22. The van der Waals surface area contributed by atoms with E-state index in [0.717, 1.165) is 11.1 Å². The third-order valence-corrected chi connectivity index (χ3v) is 5.21. The first-order valence-corrected chi connectivity index (χ1v) is 9.40. The molecule has 0 aliphatic carbocycles. The van der Waals surface area contributed by atoms with Crippen LogP contribution in [0.5, 0.6) is 0 Å². The van der Waals surface area contributed by atoms with Gasteiger partial charge >= 0.3 is 5.97 Å². The molecule has 1 aliphatic heterocycles. The average molecular weight is 385 g/mol. The van der Waals surface area contributed by atoms with Gasteiger partial charge in [0.25, 0.3) is 11.8 Å². The Morgan fingerprint density at radius 3 is 2.10 bits per heavy atom. The lowest BCUT2D eigenvalue weighted by Crippen LogP contribution is -2.34. The van der Waals surface area contributed by atoms with Gasteiger partial charge in [0.05, 0.1) is 22.7 Å². The zero-order valence-electron chi connectivity index (χ0n) is 15.6. The Labute approximate surface area is 168 Å². The maximum absolute atomic E-state index is 13.1. The van der Waals surface area contributed by atoms with E-state index in [9.17, 15) is 19.5 Å². The summed E-state index contributed by atoms with van der Waals surface area (Å²) in [7, 11) is 0. The Morgan fingerprint density at radius 2 is 1.45 bits per heavy atom. The van der Waals surface area contributed by atoms with Crippen molar-refractivity contribution < 1.29 is 19.5 Å². The third-order valence-electron chi connectivity index (χ3n) is 5.21. The highest BCUT2D eigenvalue weighted by atomic mass is 16.4. The van der Waals surface area contributed by atoms with Gasteiger partial charge in [-0.1, -0.05) is 60.7 Å². The van der Waals surface area contributed by atoms with Crippen LogP contribution in [0.3, 0.4) is 0 Å². The first-order valence-electron chi connectivity index (χ1n) is 9.40. The van der Waals surface area contributed by atoms with Gasteiger partial charge in [-0.2, -0.15) is 0 Å². The van der Waals surface area contributed by atoms with E-state index in [-0.39, 0.29) is 22.6 Å². The summed E-state index contributed by atoms with van der Waals surface area (Å²) in [5.41, 5.74) is 2.39. The molecule has 0 unspecified atom stereocenters. The summed E-state index contributed by atoms with van der Waals surface area (Å²) < 4.78 is 0. The lowest BCUT2D eigenvalue weighted by Gasteiger charge is -2.27. The van der Waals surface area contributed by atoms with Gasteiger partial charge in [0.2, 0.25) is 0 Å². The minimum absolute atomic E-state index is 0.00713. The van der Waals surface area contributed by atoms with Crippen LogP contribution in [0, 0.1) is 0 Å². The van der Waals surface area contributed by atoms with Gasteiger partial charge in [-0.25, -0.2) is 4.79 Å². The zero-order valence-corrected chi connectivity index (χ0v) is 15.6. The van der Waals surface area contributed by atoms with Crippen molar-refractivity contribution in [2.75, 3.05) is 0 Å². The lowest BCUT2D eigenvalue weighted by atomic mass is 9.97. The smallest absolute Gasteiger partial charge is 0.335 e. The minimum Gasteiger partial charge on any atom is -0.478 e. The van der Waals surface area contributed by atoms with Crippen molar-refractivity contribution in [3.63, 3.8) is 0 Å². The number of aromatic carboxylic acids is 1. The fourth-order valence-electron chi connectivity index (χ4n) is 3.74. The summed E-state index contributed by atoms with van der Waals surface area (Å²) in [6, 6.07) is 23.0. The Hall–Kier alpha value is -3.73. The normalized spacial score (nSPS) is 14.0. The van der Waals surface area contributed by atoms with Gasteiger partial charge in [-0.15, -0.1) is 0 Å². The van der Waals surface area contributed by atoms with Crippen molar-refractivity contribution >= 4 is 17.8 Å². The number of amides is 2. The van der Waals surface area contributed by atoms with Crippen LogP contribution in [0.2, 0.25) is 0 Å². The number of carbonyl (C=O) groups excluding carboxylic acids is 2. The number of carboxylic acid groups (broad SMARTS) is 1. The predicted octanol–water partition coefficient (Wildman–Crippen LogP) is 4.35. The predicted molar refractivity (Wildman–Crippen MR) is 108 cm³/mol. The molecule has 144 valence electrons. The molecular weight excluding hydrogens is 366 g/mol. The van der Waals surface area contributed by atoms with Gasteiger partial charge in [0, 0.05) is 0 Å². The summed E-state index contributed by atoms with van der Waals surface area (Å²) >= 11 is 0. The molecule has 2 amide bonds. The van der Waals surface area contributed by atoms with Crippen LogP contribution in [0.25, 0.3) is 0 Å². The number of carbonyl (C=O) groups is 3. The van der Waals surface area contributed by atoms with Crippen molar-refractivity contribution in [3.05, 3.63) is 107 Å². The van der Waals surface area contributed by atoms with Crippen LogP contribution >= 0.6 is 0 Å². The fraction of sp³-hybridized carbons (Fsp3) is 0.125. The first kappa shape index (κ1) is 18.6. The number of fused-ring (bicyclic) bond motifs is 1. The van der Waals surface area contributed by atoms with Crippen LogP contribution < -0.4 is 0 Å². The number of imide groups is 1. The maximum atomic E-state index is 13.1. The van der Waals surface area contributed by atoms with E-state index >= 15 is 0 Å². The van der Waals surface area contributed by atoms with Gasteiger partial charge < -0.3 is 5.11 Å². The van der Waals surface area contributed by atoms with E-state index in [2.05, 4.69) is 0 Å². The second-order valence-corrected chi connectivity index (χ2v) is 7.00. The molecule has 5 nitrogen and oxygen atoms in total. The average Bonchev–Trinajstić information content (AvgIpc) is 3.00. The van der Waals surface area contributed by atoms with E-state index in [4.69, 9.17) is 0 Å². The molecule has 1 heterocycles. The third kappa shape index (κ3) is 3.55. The summed E-state index contributed by atoms with van der Waals surface area (Å²) in [5, 5.41) is 9.22. The van der Waals surface area contributed by atoms with Crippen LogP contribution in [-0.4, -0.2) is 27.8 Å². The van der Waals surface area contributed by atoms with Crippen LogP contribution in [-0.2, 0) is 6.42 Å². The van der Waals surface area contributed by atoms with Gasteiger partial charge in [-0.3, -0.25) is 14.5 Å². The number of hydrogen-bond donors (Lipinski definition) is 1. The topological polar surface area (TPSA) is 74.7 Å². The quantitative estimate of drug-likeness (QED) is 0.640. The largest absolute Gasteiger partial charge is 0.478 e. The zero-order chi connectivity index (χ0) is 20.4. The minimum atomic E-state index is -1.13. The molecule has 5 heteroatoms. The molecule has 3 aromatic carbocycles. The van der Waals surface area contributed by atoms with E-state index in [1.165, 1.54) is 23.1 Å². The summed E-state index contributed by atoms with van der Waals surface area (Å²) in [6.45, 7) is 0. The molecular formula is C24H19NO4. The first-order chi connectivity index (χ1) is 14.1. The van der Waals surface area contributed by atoms with E-state index in [1.807, 2.05) is 60.7 Å². The van der Waals surface area contributed by atoms with Crippen LogP contribution in [0.4, 0.5) is 0 Å². The monoisotopic (exact) mass is 385 g/mol. The van der Waals surface area contributed by atoms with Crippen molar-refractivity contribution in [1.82, 2.24) is 4.90 Å². The summed E-state index contributed by atoms with van der Waals surface area (Å²) in [6.07, 6.45) is 1.28. The molecule has 0 fully saturated rings. The molecule has 0 spiro atoms. The molecule has 0 aromatic heterocycles. The molecule has 4 rings (SSSR count). The fourth-order valence-corrected chi connectivity index (χ4v) is 3.74. The Kier molecular flexibility index (Phi) is 4.96. The lowest BCUT2D eigenvalue weighted by molar-refractivity contribution is 0.0573. The Bertz CT molecular complexity index is 1080. The Morgan fingerprint density at radius 1 is 0.828 bits per heavy atom. The van der Waals surface area contributed by atoms with Crippen LogP contribution in [0.15, 0.2) is 78.9 Å². The molecule has 0 radical (unpaired) electrons. The number of hydrogen-bond acceptors (Lipinski definition) is 3. The molecule has 0 saturated carbocycles. The number of benzene rings is 3. The number of carboxylic acids is 1. The van der Waals surface area contributed by atoms with Crippen molar-refractivity contribution in [3.8, 4) is 0 Å². The standard InChI is InChI=1S/C24H19NO4/c26-22-19-13-12-18(24(28)29)15-20(19)23(27)25(22)21(17-9-5-2-6-10-17)14-11-16-7-3-1-4-8-16/h1-10,12-13,15,21H,11,14H2,(H,28,29)/t21-/m1/s1. The van der Waals surface area contributed by atoms with Gasteiger partial charge in [0.15, 0.2) is 0 Å². The second kappa shape index (κ2) is 7.72. The van der Waals surface area contributed by atoms with Crippen molar-refractivity contribution in [2.24, 2.45) is 0 Å². The number of nitrogens with zero attached hydrogens (tertiary/aromatic N) is 1. The number of aryl methyl sites for hydroxylation is 1. The molecule has 1 N–H and O–H groups in total. The summed E-state index contributed by atoms with van der Waals surface area (Å²) in [4.78, 5) is 38.7. The maximum Gasteiger partial charge on any atom is 0.335 e. The highest BCUT2D eigenvalue weighted by Gasteiger charge is 2.40. The van der Waals surface area contributed by atoms with Gasteiger partial charge in [0.1, 0.15) is 0 Å². The summed E-state index contributed by atoms with van der Waals surface area (Å²) in [5.74, 6) is -1.96. The molecule has 29 heavy (non-hydrogen) atoms. The van der Waals surface area contributed by atoms with Crippen molar-refractivity contribution in [1.29, 1.82) is 0 Å². The van der Waals surface area contributed by atoms with Crippen LogP contribution in [0.1, 0.15) is 54.7 Å². The second-order valence-electron chi connectivity index (χ2n) is 7.00. The van der Waals surface area contributed by atoms with Crippen molar-refractivity contribution in [2.45, 2.75) is 18.9 Å². The highest BCUT2D eigenvalue weighted by Crippen LogP contribution is 2.34. The SMILES string of the molecule is O=C(O)c1ccc2c(c1)C(=O)N([C@H](CCc1ccccc1)c1ccccc1)C2=O. The molecule has 1 atom stereocenters.